The van der Waals surface area contributed by atoms with Crippen molar-refractivity contribution in [3.05, 3.63) is 0 Å². The Kier molecular flexibility index (Phi) is 5.58. The molecule has 3 nitrogen and oxygen atoms in total. The monoisotopic (exact) mass is 284 g/mol. The lowest BCUT2D eigenvalue weighted by Gasteiger charge is -2.35. The van der Waals surface area contributed by atoms with Gasteiger partial charge in [-0.25, -0.2) is 0 Å². The van der Waals surface area contributed by atoms with Gasteiger partial charge in [0.2, 0.25) is 0 Å². The molecule has 4 heteroatoms. The van der Waals surface area contributed by atoms with Crippen molar-refractivity contribution in [1.29, 1.82) is 0 Å². The fraction of sp³-hybridized carbons (Fsp3) is 0.933. The largest absolute Gasteiger partial charge is 0.379 e. The third-order valence-corrected chi connectivity index (χ3v) is 5.23. The summed E-state index contributed by atoms with van der Waals surface area (Å²) < 4.78 is 5.56. The van der Waals surface area contributed by atoms with Crippen LogP contribution in [0, 0.1) is 11.8 Å². The Bertz CT molecular complexity index is 309. The van der Waals surface area contributed by atoms with Crippen molar-refractivity contribution in [3.63, 3.8) is 0 Å². The molecular formula is C15H28N2OS. The van der Waals surface area contributed by atoms with E-state index in [1.165, 1.54) is 31.4 Å². The van der Waals surface area contributed by atoms with Crippen LogP contribution in [-0.2, 0) is 4.74 Å². The Balaban J connectivity index is 1.69. The van der Waals surface area contributed by atoms with E-state index in [2.05, 4.69) is 31.1 Å². The molecule has 0 aromatic heterocycles. The van der Waals surface area contributed by atoms with Gasteiger partial charge in [-0.2, -0.15) is 0 Å². The summed E-state index contributed by atoms with van der Waals surface area (Å²) in [6.07, 6.45) is 5.34. The van der Waals surface area contributed by atoms with E-state index >= 15 is 0 Å². The van der Waals surface area contributed by atoms with Crippen LogP contribution in [0.2, 0.25) is 0 Å². The first-order chi connectivity index (χ1) is 9.10. The standard InChI is InChI=1S/C15H28N2OS/c1-12(2)10-18-9-8-16-14-17-15(11-19-14)6-4-13(3)5-7-15/h12-13H,4-11H2,1-3H3,(H,16,17). The molecule has 0 aromatic carbocycles. The van der Waals surface area contributed by atoms with Gasteiger partial charge in [0.1, 0.15) is 0 Å². The maximum Gasteiger partial charge on any atom is 0.157 e. The molecule has 2 rings (SSSR count). The van der Waals surface area contributed by atoms with E-state index in [9.17, 15) is 0 Å². The molecule has 1 spiro atoms. The summed E-state index contributed by atoms with van der Waals surface area (Å²) in [6.45, 7) is 9.09. The Morgan fingerprint density at radius 2 is 2.16 bits per heavy atom. The van der Waals surface area contributed by atoms with Crippen molar-refractivity contribution >= 4 is 16.9 Å². The van der Waals surface area contributed by atoms with Gasteiger partial charge < -0.3 is 10.1 Å². The van der Waals surface area contributed by atoms with Gasteiger partial charge in [-0.3, -0.25) is 4.99 Å². The fourth-order valence-electron chi connectivity index (χ4n) is 2.71. The lowest BCUT2D eigenvalue weighted by molar-refractivity contribution is 0.117. The Hall–Kier alpha value is -0.220. The van der Waals surface area contributed by atoms with E-state index in [0.717, 1.165) is 30.8 Å². The quantitative estimate of drug-likeness (QED) is 0.787. The molecule has 110 valence electrons. The molecule has 2 aliphatic rings. The second-order valence-corrected chi connectivity index (χ2v) is 7.50. The molecule has 1 aliphatic carbocycles. The maximum absolute atomic E-state index is 5.56. The van der Waals surface area contributed by atoms with E-state index in [1.54, 1.807) is 0 Å². The molecule has 1 saturated carbocycles. The van der Waals surface area contributed by atoms with Crippen LogP contribution in [0.1, 0.15) is 46.5 Å². The predicted octanol–water partition coefficient (Wildman–Crippen LogP) is 3.30. The van der Waals surface area contributed by atoms with Crippen molar-refractivity contribution < 1.29 is 4.74 Å². The number of aliphatic imine (C=N–C) groups is 1. The lowest BCUT2D eigenvalue weighted by Crippen LogP contribution is -2.46. The zero-order valence-electron chi connectivity index (χ0n) is 12.6. The number of amidine groups is 1. The first-order valence-electron chi connectivity index (χ1n) is 7.63. The number of nitrogens with one attached hydrogen (secondary N) is 1. The van der Waals surface area contributed by atoms with Gasteiger partial charge in [-0.1, -0.05) is 32.5 Å². The molecule has 1 aliphatic heterocycles. The van der Waals surface area contributed by atoms with Crippen LogP contribution >= 0.6 is 11.8 Å². The molecule has 1 N–H and O–H groups in total. The lowest BCUT2D eigenvalue weighted by atomic mass is 9.78. The second kappa shape index (κ2) is 6.98. The van der Waals surface area contributed by atoms with E-state index in [-0.39, 0.29) is 0 Å². The highest BCUT2D eigenvalue weighted by molar-refractivity contribution is 8.14. The maximum atomic E-state index is 5.56. The minimum atomic E-state index is 0.356. The third-order valence-electron chi connectivity index (χ3n) is 4.03. The van der Waals surface area contributed by atoms with Gasteiger partial charge >= 0.3 is 0 Å². The van der Waals surface area contributed by atoms with Crippen LogP contribution in [0.15, 0.2) is 4.99 Å². The summed E-state index contributed by atoms with van der Waals surface area (Å²) in [7, 11) is 0. The van der Waals surface area contributed by atoms with Crippen molar-refractivity contribution in [2.24, 2.45) is 16.8 Å². The van der Waals surface area contributed by atoms with Crippen molar-refractivity contribution in [3.8, 4) is 0 Å². The Morgan fingerprint density at radius 1 is 1.42 bits per heavy atom. The van der Waals surface area contributed by atoms with E-state index in [1.807, 2.05) is 11.8 Å². The van der Waals surface area contributed by atoms with Crippen molar-refractivity contribution in [2.45, 2.75) is 52.0 Å². The molecule has 0 aromatic rings. The third kappa shape index (κ3) is 4.67. The van der Waals surface area contributed by atoms with Gasteiger partial charge in [-0.05, 0) is 37.5 Å². The van der Waals surface area contributed by atoms with Crippen LogP contribution in [0.3, 0.4) is 0 Å². The fourth-order valence-corrected chi connectivity index (χ4v) is 3.95. The highest BCUT2D eigenvalue weighted by atomic mass is 32.2. The summed E-state index contributed by atoms with van der Waals surface area (Å²) in [6, 6.07) is 0. The van der Waals surface area contributed by atoms with Crippen LogP contribution in [0.4, 0.5) is 0 Å². The van der Waals surface area contributed by atoms with Gasteiger partial charge in [-0.15, -0.1) is 0 Å². The van der Waals surface area contributed by atoms with E-state index in [4.69, 9.17) is 4.74 Å². The molecule has 0 unspecified atom stereocenters. The van der Waals surface area contributed by atoms with Gasteiger partial charge in [0.15, 0.2) is 5.17 Å². The Morgan fingerprint density at radius 3 is 2.84 bits per heavy atom. The number of nitrogens with zero attached hydrogens (tertiary/aromatic N) is 1. The summed E-state index contributed by atoms with van der Waals surface area (Å²) in [4.78, 5) is 4.63. The van der Waals surface area contributed by atoms with Crippen LogP contribution in [0.5, 0.6) is 0 Å². The zero-order chi connectivity index (χ0) is 13.7. The van der Waals surface area contributed by atoms with Crippen LogP contribution in [-0.4, -0.2) is 36.2 Å². The van der Waals surface area contributed by atoms with Crippen molar-refractivity contribution in [1.82, 2.24) is 5.32 Å². The SMILES string of the molecule is CC(C)COCCN=C1NC2(CCC(C)CC2)CS1. The minimum absolute atomic E-state index is 0.356. The molecule has 19 heavy (non-hydrogen) atoms. The highest BCUT2D eigenvalue weighted by Crippen LogP contribution is 2.38. The Labute approximate surface area is 122 Å². The second-order valence-electron chi connectivity index (χ2n) is 6.53. The number of ether oxygens (including phenoxy) is 1. The molecule has 0 atom stereocenters. The van der Waals surface area contributed by atoms with Crippen molar-refractivity contribution in [2.75, 3.05) is 25.5 Å². The van der Waals surface area contributed by atoms with Crippen LogP contribution in [0.25, 0.3) is 0 Å². The van der Waals surface area contributed by atoms with Gasteiger partial charge in [0.25, 0.3) is 0 Å². The topological polar surface area (TPSA) is 33.6 Å². The number of hydrogen-bond acceptors (Lipinski definition) is 3. The van der Waals surface area contributed by atoms with Gasteiger partial charge in [0, 0.05) is 17.9 Å². The normalized spacial score (nSPS) is 33.3. The molecular weight excluding hydrogens is 256 g/mol. The average molecular weight is 284 g/mol. The number of rotatable bonds is 5. The summed E-state index contributed by atoms with van der Waals surface area (Å²) in [5.41, 5.74) is 0.356. The predicted molar refractivity (Wildman–Crippen MR) is 83.9 cm³/mol. The highest BCUT2D eigenvalue weighted by Gasteiger charge is 2.39. The summed E-state index contributed by atoms with van der Waals surface area (Å²) in [5.74, 6) is 2.72. The zero-order valence-corrected chi connectivity index (χ0v) is 13.4. The van der Waals surface area contributed by atoms with Crippen LogP contribution < -0.4 is 5.32 Å². The molecule has 0 radical (unpaired) electrons. The average Bonchev–Trinajstić information content (AvgIpc) is 2.76. The number of hydrogen-bond donors (Lipinski definition) is 1. The molecule has 0 amide bonds. The molecule has 1 heterocycles. The smallest absolute Gasteiger partial charge is 0.157 e. The molecule has 1 saturated heterocycles. The van der Waals surface area contributed by atoms with E-state index < -0.39 is 0 Å². The summed E-state index contributed by atoms with van der Waals surface area (Å²) in [5, 5.41) is 4.83. The molecule has 2 fully saturated rings. The number of thioether (sulfide) groups is 1. The van der Waals surface area contributed by atoms with E-state index in [0.29, 0.717) is 11.5 Å². The summed E-state index contributed by atoms with van der Waals surface area (Å²) >= 11 is 1.90. The van der Waals surface area contributed by atoms with Gasteiger partial charge in [0.05, 0.1) is 13.2 Å². The molecule has 0 bridgehead atoms. The minimum Gasteiger partial charge on any atom is -0.379 e. The first-order valence-corrected chi connectivity index (χ1v) is 8.61. The first kappa shape index (κ1) is 15.2.